The Kier molecular flexibility index (Phi) is 10.2. The molecule has 1 aromatic heterocycles. The summed E-state index contributed by atoms with van der Waals surface area (Å²) in [4.78, 5) is 34.2. The van der Waals surface area contributed by atoms with Crippen molar-refractivity contribution in [3.63, 3.8) is 0 Å². The van der Waals surface area contributed by atoms with E-state index in [2.05, 4.69) is 27.4 Å². The fourth-order valence-electron chi connectivity index (χ4n) is 4.86. The Labute approximate surface area is 241 Å². The zero-order valence-electron chi connectivity index (χ0n) is 24.0. The number of pyridine rings is 1. The van der Waals surface area contributed by atoms with E-state index in [1.54, 1.807) is 66.9 Å². The number of carbonyl (C=O) groups excluding carboxylic acids is 2. The van der Waals surface area contributed by atoms with Crippen LogP contribution in [0.4, 0.5) is 16.2 Å². The summed E-state index contributed by atoms with van der Waals surface area (Å²) in [6, 6.07) is 15.6. The largest absolute Gasteiger partial charge is 0.497 e. The Morgan fingerprint density at radius 1 is 1.15 bits per heavy atom. The van der Waals surface area contributed by atoms with E-state index in [0.29, 0.717) is 41.5 Å². The number of benzene rings is 2. The number of aromatic nitrogens is 1. The molecule has 0 radical (unpaired) electrons. The van der Waals surface area contributed by atoms with Gasteiger partial charge in [0.05, 0.1) is 26.2 Å². The summed E-state index contributed by atoms with van der Waals surface area (Å²) in [5.74, 6) is 1.19. The highest BCUT2D eigenvalue weighted by atomic mass is 16.5. The van der Waals surface area contributed by atoms with Crippen LogP contribution in [0.3, 0.4) is 0 Å². The van der Waals surface area contributed by atoms with Crippen LogP contribution in [0.5, 0.6) is 11.5 Å². The molecule has 0 spiro atoms. The minimum absolute atomic E-state index is 0.00753. The zero-order valence-corrected chi connectivity index (χ0v) is 24.0. The Bertz CT molecular complexity index is 1300. The third-order valence-corrected chi connectivity index (χ3v) is 7.22. The summed E-state index contributed by atoms with van der Waals surface area (Å²) < 4.78 is 11.8. The van der Waals surface area contributed by atoms with Gasteiger partial charge in [-0.3, -0.25) is 14.7 Å². The molecule has 0 bridgehead atoms. The summed E-state index contributed by atoms with van der Waals surface area (Å²) in [7, 11) is 3.62. The average molecular weight is 562 g/mol. The van der Waals surface area contributed by atoms with Gasteiger partial charge in [0.15, 0.2) is 0 Å². The minimum Gasteiger partial charge on any atom is -0.497 e. The van der Waals surface area contributed by atoms with E-state index in [9.17, 15) is 14.7 Å². The third kappa shape index (κ3) is 8.18. The first-order chi connectivity index (χ1) is 19.7. The predicted octanol–water partition coefficient (Wildman–Crippen LogP) is 4.02. The summed E-state index contributed by atoms with van der Waals surface area (Å²) in [6.45, 7) is 5.59. The lowest BCUT2D eigenvalue weighted by atomic mass is 10.0. The molecular formula is C31H39N5O5. The fourth-order valence-corrected chi connectivity index (χ4v) is 4.86. The number of ether oxygens (including phenoxy) is 2. The third-order valence-electron chi connectivity index (χ3n) is 7.22. The molecule has 1 aliphatic rings. The van der Waals surface area contributed by atoms with Crippen LogP contribution in [-0.2, 0) is 17.8 Å². The van der Waals surface area contributed by atoms with Crippen LogP contribution in [-0.4, -0.2) is 77.8 Å². The molecule has 4 rings (SSSR count). The van der Waals surface area contributed by atoms with Gasteiger partial charge in [-0.25, -0.2) is 4.79 Å². The van der Waals surface area contributed by atoms with E-state index in [0.717, 1.165) is 12.1 Å². The molecule has 0 fully saturated rings. The van der Waals surface area contributed by atoms with E-state index in [4.69, 9.17) is 9.47 Å². The van der Waals surface area contributed by atoms with E-state index in [1.807, 2.05) is 26.1 Å². The molecule has 0 unspecified atom stereocenters. The van der Waals surface area contributed by atoms with Gasteiger partial charge in [-0.15, -0.1) is 0 Å². The lowest BCUT2D eigenvalue weighted by molar-refractivity contribution is -0.134. The van der Waals surface area contributed by atoms with Gasteiger partial charge in [-0.2, -0.15) is 0 Å². The first-order valence-corrected chi connectivity index (χ1v) is 13.7. The number of likely N-dealkylation sites (N-methyl/N-ethyl adjacent to an activating group) is 1. The number of fused-ring (bicyclic) bond motifs is 1. The summed E-state index contributed by atoms with van der Waals surface area (Å²) in [6.07, 6.45) is 3.42. The van der Waals surface area contributed by atoms with Gasteiger partial charge in [0.1, 0.15) is 17.6 Å². The number of methoxy groups -OCH3 is 1. The Morgan fingerprint density at radius 3 is 2.51 bits per heavy atom. The van der Waals surface area contributed by atoms with Crippen LogP contribution < -0.4 is 20.1 Å². The smallest absolute Gasteiger partial charge is 0.323 e. The highest BCUT2D eigenvalue weighted by Crippen LogP contribution is 2.29. The maximum Gasteiger partial charge on any atom is 0.323 e. The zero-order chi connectivity index (χ0) is 29.4. The Morgan fingerprint density at radius 2 is 1.83 bits per heavy atom. The molecule has 1 aliphatic heterocycles. The monoisotopic (exact) mass is 561 g/mol. The standard InChI is InChI=1S/C31H39N5O5/c1-21-17-36(22(2)20-37)30(38)16-24-15-26(34-31(39)33-25-5-8-27(40-4)9-6-25)7-10-28(24)41-29(21)19-35(3)18-23-11-13-32-14-12-23/h5-15,21-22,29,37H,16-20H2,1-4H3,(H2,33,34,39)/t21-,22+,29-/m1/s1. The SMILES string of the molecule is COc1ccc(NC(=O)Nc2ccc3c(c2)CC(=O)N([C@@H](C)CO)C[C@@H](C)[C@@H](CN(C)Cc2ccncc2)O3)cc1. The van der Waals surface area contributed by atoms with Crippen LogP contribution in [0, 0.1) is 5.92 Å². The molecular weight excluding hydrogens is 522 g/mol. The van der Waals surface area contributed by atoms with Gasteiger partial charge in [0.25, 0.3) is 0 Å². The number of rotatable bonds is 9. The second-order valence-corrected chi connectivity index (χ2v) is 10.6. The van der Waals surface area contributed by atoms with E-state index >= 15 is 0 Å². The summed E-state index contributed by atoms with van der Waals surface area (Å²) >= 11 is 0. The number of nitrogens with one attached hydrogen (secondary N) is 2. The lowest BCUT2D eigenvalue weighted by Gasteiger charge is -2.34. The second kappa shape index (κ2) is 14.0. The van der Waals surface area contributed by atoms with Crippen molar-refractivity contribution in [3.05, 3.63) is 78.1 Å². The lowest BCUT2D eigenvalue weighted by Crippen LogP contribution is -2.47. The molecule has 0 saturated carbocycles. The van der Waals surface area contributed by atoms with Gasteiger partial charge < -0.3 is 30.1 Å². The van der Waals surface area contributed by atoms with Gasteiger partial charge in [0.2, 0.25) is 5.91 Å². The van der Waals surface area contributed by atoms with Crippen LogP contribution in [0.25, 0.3) is 0 Å². The van der Waals surface area contributed by atoms with Crippen molar-refractivity contribution in [3.8, 4) is 11.5 Å². The maximum atomic E-state index is 13.5. The molecule has 0 aliphatic carbocycles. The molecule has 3 atom stereocenters. The first kappa shape index (κ1) is 29.8. The van der Waals surface area contributed by atoms with E-state index in [-0.39, 0.29) is 37.0 Å². The van der Waals surface area contributed by atoms with E-state index < -0.39 is 6.03 Å². The molecule has 2 heterocycles. The molecule has 10 nitrogen and oxygen atoms in total. The van der Waals surface area contributed by atoms with Crippen LogP contribution in [0.15, 0.2) is 67.0 Å². The summed E-state index contributed by atoms with van der Waals surface area (Å²) in [5.41, 5.74) is 2.97. The Balaban J connectivity index is 1.54. The van der Waals surface area contributed by atoms with Crippen molar-refractivity contribution in [2.45, 2.75) is 39.0 Å². The van der Waals surface area contributed by atoms with Crippen molar-refractivity contribution in [1.82, 2.24) is 14.8 Å². The normalized spacial score (nSPS) is 17.9. The fraction of sp³-hybridized carbons (Fsp3) is 0.387. The maximum absolute atomic E-state index is 13.5. The number of nitrogens with zero attached hydrogens (tertiary/aromatic N) is 3. The summed E-state index contributed by atoms with van der Waals surface area (Å²) in [5, 5.41) is 15.5. The number of urea groups is 1. The highest BCUT2D eigenvalue weighted by molar-refractivity contribution is 6.00. The number of anilines is 2. The van der Waals surface area contributed by atoms with Crippen molar-refractivity contribution in [1.29, 1.82) is 0 Å². The predicted molar refractivity (Wildman–Crippen MR) is 158 cm³/mol. The number of aliphatic hydroxyl groups is 1. The van der Waals surface area contributed by atoms with Crippen molar-refractivity contribution < 1.29 is 24.2 Å². The number of amides is 3. The average Bonchev–Trinajstić information content (AvgIpc) is 3.01. The van der Waals surface area contributed by atoms with Crippen molar-refractivity contribution in [2.75, 3.05) is 44.5 Å². The Hall–Kier alpha value is -4.15. The minimum atomic E-state index is -0.412. The molecule has 218 valence electrons. The van der Waals surface area contributed by atoms with Crippen LogP contribution in [0.1, 0.15) is 25.0 Å². The number of hydrogen-bond donors (Lipinski definition) is 3. The van der Waals surface area contributed by atoms with Gasteiger partial charge in [-0.1, -0.05) is 6.92 Å². The quantitative estimate of drug-likeness (QED) is 0.361. The molecule has 2 aromatic carbocycles. The highest BCUT2D eigenvalue weighted by Gasteiger charge is 2.31. The number of carbonyl (C=O) groups is 2. The topological polar surface area (TPSA) is 116 Å². The van der Waals surface area contributed by atoms with Gasteiger partial charge >= 0.3 is 6.03 Å². The number of hydrogen-bond acceptors (Lipinski definition) is 7. The second-order valence-electron chi connectivity index (χ2n) is 10.6. The van der Waals surface area contributed by atoms with Gasteiger partial charge in [-0.05, 0) is 74.1 Å². The first-order valence-electron chi connectivity index (χ1n) is 13.7. The molecule has 0 saturated heterocycles. The van der Waals surface area contributed by atoms with Crippen LogP contribution >= 0.6 is 0 Å². The van der Waals surface area contributed by atoms with Crippen molar-refractivity contribution >= 4 is 23.3 Å². The molecule has 3 N–H and O–H groups in total. The van der Waals surface area contributed by atoms with Crippen molar-refractivity contribution in [2.24, 2.45) is 5.92 Å². The van der Waals surface area contributed by atoms with E-state index in [1.165, 1.54) is 0 Å². The van der Waals surface area contributed by atoms with Gasteiger partial charge in [0, 0.05) is 54.9 Å². The molecule has 10 heteroatoms. The molecule has 3 aromatic rings. The number of aliphatic hydroxyl groups excluding tert-OH is 1. The molecule has 3 amide bonds. The molecule has 41 heavy (non-hydrogen) atoms. The van der Waals surface area contributed by atoms with Crippen LogP contribution in [0.2, 0.25) is 0 Å².